The Balaban J connectivity index is 1.63. The lowest BCUT2D eigenvalue weighted by molar-refractivity contribution is 0.0476. The summed E-state index contributed by atoms with van der Waals surface area (Å²) in [6, 6.07) is 22.6. The fourth-order valence-corrected chi connectivity index (χ4v) is 3.42. The van der Waals surface area contributed by atoms with Crippen molar-refractivity contribution in [3.63, 3.8) is 0 Å². The maximum Gasteiger partial charge on any atom is 0.339 e. The lowest BCUT2D eigenvalue weighted by Crippen LogP contribution is -2.15. The highest BCUT2D eigenvalue weighted by Crippen LogP contribution is 2.26. The van der Waals surface area contributed by atoms with Crippen LogP contribution in [0.25, 0.3) is 22.2 Å². The van der Waals surface area contributed by atoms with Crippen molar-refractivity contribution in [2.45, 2.75) is 20.8 Å². The summed E-state index contributed by atoms with van der Waals surface area (Å²) in [5.74, 6) is -0.766. The molecule has 4 heteroatoms. The smallest absolute Gasteiger partial charge is 0.339 e. The number of esters is 1. The second-order valence-corrected chi connectivity index (χ2v) is 7.74. The van der Waals surface area contributed by atoms with E-state index in [-0.39, 0.29) is 12.4 Å². The summed E-state index contributed by atoms with van der Waals surface area (Å²) < 4.78 is 5.42. The van der Waals surface area contributed by atoms with E-state index >= 15 is 0 Å². The molecule has 31 heavy (non-hydrogen) atoms. The minimum atomic E-state index is -0.538. The molecule has 0 bridgehead atoms. The highest BCUT2D eigenvalue weighted by atomic mass is 16.5. The van der Waals surface area contributed by atoms with Crippen molar-refractivity contribution < 1.29 is 14.3 Å². The number of nitrogens with zero attached hydrogens (tertiary/aromatic N) is 1. The molecule has 4 nitrogen and oxygen atoms in total. The molecule has 0 saturated heterocycles. The first kappa shape index (κ1) is 20.5. The Morgan fingerprint density at radius 1 is 0.839 bits per heavy atom. The van der Waals surface area contributed by atoms with Gasteiger partial charge >= 0.3 is 5.97 Å². The number of rotatable bonds is 5. The number of ether oxygens (including phenoxy) is 1. The molecule has 0 aliphatic rings. The third-order valence-corrected chi connectivity index (χ3v) is 5.45. The number of carbonyl (C=O) groups excluding carboxylic acids is 2. The lowest BCUT2D eigenvalue weighted by Gasteiger charge is -2.10. The van der Waals surface area contributed by atoms with Crippen LogP contribution < -0.4 is 0 Å². The number of Topliss-reactive ketones (excluding diaryl/α,β-unsaturated/α-hetero) is 1. The van der Waals surface area contributed by atoms with Crippen LogP contribution in [0.15, 0.2) is 72.8 Å². The molecule has 0 radical (unpaired) electrons. The summed E-state index contributed by atoms with van der Waals surface area (Å²) in [7, 11) is 0. The van der Waals surface area contributed by atoms with Gasteiger partial charge in [0.1, 0.15) is 0 Å². The summed E-state index contributed by atoms with van der Waals surface area (Å²) in [4.78, 5) is 30.2. The molecule has 4 rings (SSSR count). The molecule has 3 aromatic carbocycles. The van der Waals surface area contributed by atoms with Gasteiger partial charge in [0.25, 0.3) is 0 Å². The first-order valence-electron chi connectivity index (χ1n) is 10.2. The van der Waals surface area contributed by atoms with Crippen molar-refractivity contribution in [2.75, 3.05) is 6.61 Å². The average Bonchev–Trinajstić information content (AvgIpc) is 2.78. The molecule has 0 aliphatic carbocycles. The Labute approximate surface area is 181 Å². The molecule has 0 N–H and O–H groups in total. The van der Waals surface area contributed by atoms with E-state index < -0.39 is 5.97 Å². The maximum atomic E-state index is 13.0. The maximum absolute atomic E-state index is 13.0. The van der Waals surface area contributed by atoms with E-state index in [2.05, 4.69) is 0 Å². The standard InChI is InChI=1S/C27H23NO3/c1-17-8-11-20(12-9-17)25-15-23(22-6-4-5-7-24(22)28-25)27(30)31-16-26(29)21-13-10-18(2)19(3)14-21/h4-15H,16H2,1-3H3. The van der Waals surface area contributed by atoms with Gasteiger partial charge in [0.15, 0.2) is 12.4 Å². The molecule has 1 aromatic heterocycles. The van der Waals surface area contributed by atoms with Gasteiger partial charge < -0.3 is 4.74 Å². The summed E-state index contributed by atoms with van der Waals surface area (Å²) in [5.41, 5.74) is 6.52. The predicted octanol–water partition coefficient (Wildman–Crippen LogP) is 5.87. The molecule has 0 amide bonds. The zero-order valence-electron chi connectivity index (χ0n) is 17.8. The molecule has 0 fully saturated rings. The van der Waals surface area contributed by atoms with Gasteiger partial charge in [0.05, 0.1) is 16.8 Å². The minimum absolute atomic E-state index is 0.228. The molecule has 0 aliphatic heterocycles. The number of benzene rings is 3. The Morgan fingerprint density at radius 3 is 2.32 bits per heavy atom. The highest BCUT2D eigenvalue weighted by Gasteiger charge is 2.17. The molecule has 0 unspecified atom stereocenters. The van der Waals surface area contributed by atoms with Crippen molar-refractivity contribution in [1.82, 2.24) is 4.98 Å². The number of ketones is 1. The molecule has 1 heterocycles. The van der Waals surface area contributed by atoms with Gasteiger partial charge in [-0.2, -0.15) is 0 Å². The minimum Gasteiger partial charge on any atom is -0.454 e. The largest absolute Gasteiger partial charge is 0.454 e. The quantitative estimate of drug-likeness (QED) is 0.306. The number of pyridine rings is 1. The topological polar surface area (TPSA) is 56.3 Å². The van der Waals surface area contributed by atoms with E-state index in [1.54, 1.807) is 12.1 Å². The van der Waals surface area contributed by atoms with Crippen molar-refractivity contribution in [1.29, 1.82) is 0 Å². The van der Waals surface area contributed by atoms with E-state index in [1.807, 2.05) is 81.4 Å². The van der Waals surface area contributed by atoms with E-state index in [9.17, 15) is 9.59 Å². The average molecular weight is 409 g/mol. The number of fused-ring (bicyclic) bond motifs is 1. The predicted molar refractivity (Wildman–Crippen MR) is 122 cm³/mol. The number of carbonyl (C=O) groups is 2. The fraction of sp³-hybridized carbons (Fsp3) is 0.148. The van der Waals surface area contributed by atoms with Crippen molar-refractivity contribution in [3.8, 4) is 11.3 Å². The van der Waals surface area contributed by atoms with E-state index in [1.165, 1.54) is 0 Å². The second-order valence-electron chi connectivity index (χ2n) is 7.74. The molecule has 0 saturated carbocycles. The van der Waals surface area contributed by atoms with Gasteiger partial charge in [-0.05, 0) is 50.1 Å². The first-order valence-corrected chi connectivity index (χ1v) is 10.2. The van der Waals surface area contributed by atoms with Crippen molar-refractivity contribution >= 4 is 22.7 Å². The Kier molecular flexibility index (Phi) is 5.63. The number of para-hydroxylation sites is 1. The fourth-order valence-electron chi connectivity index (χ4n) is 3.42. The van der Waals surface area contributed by atoms with Crippen LogP contribution in [0.3, 0.4) is 0 Å². The van der Waals surface area contributed by atoms with Crippen LogP contribution in [0.1, 0.15) is 37.4 Å². The van der Waals surface area contributed by atoms with Gasteiger partial charge in [-0.15, -0.1) is 0 Å². The third-order valence-electron chi connectivity index (χ3n) is 5.45. The normalized spacial score (nSPS) is 10.8. The molecular formula is C27H23NO3. The summed E-state index contributed by atoms with van der Waals surface area (Å²) >= 11 is 0. The highest BCUT2D eigenvalue weighted by molar-refractivity contribution is 6.06. The van der Waals surface area contributed by atoms with Gasteiger partial charge in [-0.25, -0.2) is 9.78 Å². The van der Waals surface area contributed by atoms with Crippen LogP contribution in [0.2, 0.25) is 0 Å². The lowest BCUT2D eigenvalue weighted by atomic mass is 10.0. The summed E-state index contributed by atoms with van der Waals surface area (Å²) in [6.45, 7) is 5.66. The third kappa shape index (κ3) is 4.38. The van der Waals surface area contributed by atoms with Gasteiger partial charge in [-0.1, -0.05) is 60.2 Å². The second kappa shape index (κ2) is 8.52. The zero-order valence-corrected chi connectivity index (χ0v) is 17.8. The summed E-state index contributed by atoms with van der Waals surface area (Å²) in [5, 5.41) is 0.696. The SMILES string of the molecule is Cc1ccc(-c2cc(C(=O)OCC(=O)c3ccc(C)c(C)c3)c3ccccc3n2)cc1. The van der Waals surface area contributed by atoms with Crippen LogP contribution >= 0.6 is 0 Å². The number of aromatic nitrogens is 1. The molecule has 154 valence electrons. The monoisotopic (exact) mass is 409 g/mol. The van der Waals surface area contributed by atoms with E-state index in [4.69, 9.17) is 9.72 Å². The molecular weight excluding hydrogens is 386 g/mol. The van der Waals surface area contributed by atoms with Crippen molar-refractivity contribution in [2.24, 2.45) is 0 Å². The number of hydrogen-bond donors (Lipinski definition) is 0. The number of hydrogen-bond acceptors (Lipinski definition) is 4. The number of aryl methyl sites for hydroxylation is 3. The van der Waals surface area contributed by atoms with E-state index in [0.29, 0.717) is 27.7 Å². The van der Waals surface area contributed by atoms with Crippen LogP contribution in [-0.2, 0) is 4.74 Å². The molecule has 0 spiro atoms. The Morgan fingerprint density at radius 2 is 1.58 bits per heavy atom. The van der Waals surface area contributed by atoms with Crippen LogP contribution in [0, 0.1) is 20.8 Å². The van der Waals surface area contributed by atoms with Crippen LogP contribution in [-0.4, -0.2) is 23.3 Å². The van der Waals surface area contributed by atoms with Crippen molar-refractivity contribution in [3.05, 3.63) is 101 Å². The van der Waals surface area contributed by atoms with Gasteiger partial charge in [-0.3, -0.25) is 4.79 Å². The summed E-state index contributed by atoms with van der Waals surface area (Å²) in [6.07, 6.45) is 0. The van der Waals surface area contributed by atoms with E-state index in [0.717, 1.165) is 22.3 Å². The first-order chi connectivity index (χ1) is 14.9. The zero-order chi connectivity index (χ0) is 22.0. The molecule has 4 aromatic rings. The van der Waals surface area contributed by atoms with Gasteiger partial charge in [0.2, 0.25) is 0 Å². The Bertz CT molecular complexity index is 1290. The van der Waals surface area contributed by atoms with Gasteiger partial charge in [0, 0.05) is 16.5 Å². The van der Waals surface area contributed by atoms with Crippen LogP contribution in [0.5, 0.6) is 0 Å². The Hall–Kier alpha value is -3.79. The van der Waals surface area contributed by atoms with Crippen LogP contribution in [0.4, 0.5) is 0 Å². The molecule has 0 atom stereocenters.